The van der Waals surface area contributed by atoms with Crippen LogP contribution in [0.4, 0.5) is 0 Å². The summed E-state index contributed by atoms with van der Waals surface area (Å²) < 4.78 is 1.89. The normalized spacial score (nSPS) is 13.0. The Hall–Kier alpha value is -1.92. The van der Waals surface area contributed by atoms with Crippen LogP contribution < -0.4 is 0 Å². The Labute approximate surface area is 162 Å². The summed E-state index contributed by atoms with van der Waals surface area (Å²) in [5, 5.41) is 14.3. The fourth-order valence-electron chi connectivity index (χ4n) is 2.72. The first kappa shape index (κ1) is 17.9. The molecule has 2 heterocycles. The van der Waals surface area contributed by atoms with E-state index in [1.807, 2.05) is 22.9 Å². The molecule has 6 heteroatoms. The second-order valence-electron chi connectivity index (χ2n) is 6.01. The van der Waals surface area contributed by atoms with Crippen molar-refractivity contribution in [2.45, 2.75) is 25.4 Å². The van der Waals surface area contributed by atoms with Crippen LogP contribution in [0, 0.1) is 13.8 Å². The van der Waals surface area contributed by atoms with Crippen LogP contribution in [0.15, 0.2) is 58.8 Å². The van der Waals surface area contributed by atoms with Crippen molar-refractivity contribution < 1.29 is 0 Å². The Kier molecular flexibility index (Phi) is 5.39. The van der Waals surface area contributed by atoms with Crippen molar-refractivity contribution in [2.24, 2.45) is 5.10 Å². The number of aryl methyl sites for hydroxylation is 2. The zero-order chi connectivity index (χ0) is 16.5. The Morgan fingerprint density at radius 2 is 1.80 bits per heavy atom. The maximum absolute atomic E-state index is 4.83. The topological polar surface area (TPSA) is 43.1 Å². The molecule has 4 rings (SSSR count). The summed E-state index contributed by atoms with van der Waals surface area (Å²) in [5.74, 6) is 1.70. The first-order valence-corrected chi connectivity index (χ1v) is 8.96. The van der Waals surface area contributed by atoms with Crippen LogP contribution in [0.3, 0.4) is 0 Å². The summed E-state index contributed by atoms with van der Waals surface area (Å²) >= 11 is 1.69. The van der Waals surface area contributed by atoms with Gasteiger partial charge in [-0.15, -0.1) is 27.2 Å². The molecule has 0 saturated carbocycles. The minimum Gasteiger partial charge on any atom is -0.191 e. The maximum atomic E-state index is 4.83. The second kappa shape index (κ2) is 7.54. The van der Waals surface area contributed by atoms with Gasteiger partial charge in [0.2, 0.25) is 5.16 Å². The van der Waals surface area contributed by atoms with Gasteiger partial charge in [-0.3, -0.25) is 0 Å². The number of hydrogen-bond donors (Lipinski definition) is 0. The minimum atomic E-state index is 0. The molecule has 1 aromatic heterocycles. The molecule has 25 heavy (non-hydrogen) atoms. The average Bonchev–Trinajstić information content (AvgIpc) is 3.00. The number of benzene rings is 2. The summed E-state index contributed by atoms with van der Waals surface area (Å²) in [6, 6.07) is 16.8. The number of rotatable bonds is 3. The van der Waals surface area contributed by atoms with Crippen LogP contribution in [0.2, 0.25) is 0 Å². The molecule has 0 bridgehead atoms. The van der Waals surface area contributed by atoms with Gasteiger partial charge in [0.1, 0.15) is 0 Å². The number of hydrogen-bond acceptors (Lipinski definition) is 4. The van der Waals surface area contributed by atoms with E-state index in [4.69, 9.17) is 5.10 Å². The summed E-state index contributed by atoms with van der Waals surface area (Å²) in [6.07, 6.45) is 0.734. The summed E-state index contributed by atoms with van der Waals surface area (Å²) in [7, 11) is 0. The van der Waals surface area contributed by atoms with Crippen molar-refractivity contribution in [2.75, 3.05) is 5.75 Å². The average molecular weight is 415 g/mol. The predicted octanol–water partition coefficient (Wildman–Crippen LogP) is 4.42. The van der Waals surface area contributed by atoms with Crippen molar-refractivity contribution in [3.63, 3.8) is 0 Å². The Morgan fingerprint density at radius 3 is 2.56 bits per heavy atom. The van der Waals surface area contributed by atoms with Gasteiger partial charge in [-0.2, -0.15) is 9.78 Å². The van der Waals surface area contributed by atoms with Gasteiger partial charge in [0, 0.05) is 12.2 Å². The molecule has 1 aliphatic heterocycles. The molecule has 0 amide bonds. The molecule has 2 aromatic carbocycles. The van der Waals surface area contributed by atoms with E-state index in [1.165, 1.54) is 22.3 Å². The molecule has 0 unspecified atom stereocenters. The van der Waals surface area contributed by atoms with Gasteiger partial charge < -0.3 is 0 Å². The summed E-state index contributed by atoms with van der Waals surface area (Å²) in [5.41, 5.74) is 6.06. The molecule has 3 aromatic rings. The highest BCUT2D eigenvalue weighted by molar-refractivity contribution is 8.93. The van der Waals surface area contributed by atoms with Crippen LogP contribution in [-0.4, -0.2) is 26.3 Å². The third kappa shape index (κ3) is 3.70. The van der Waals surface area contributed by atoms with Crippen LogP contribution >= 0.6 is 28.7 Å². The highest BCUT2D eigenvalue weighted by Crippen LogP contribution is 2.25. The molecule has 0 saturated heterocycles. The largest absolute Gasteiger partial charge is 0.212 e. The van der Waals surface area contributed by atoms with E-state index in [1.54, 1.807) is 11.8 Å². The lowest BCUT2D eigenvalue weighted by Gasteiger charge is -2.15. The number of aromatic nitrogens is 3. The molecule has 1 aliphatic rings. The van der Waals surface area contributed by atoms with E-state index in [9.17, 15) is 0 Å². The number of halogens is 1. The third-order valence-electron chi connectivity index (χ3n) is 4.28. The van der Waals surface area contributed by atoms with Gasteiger partial charge in [0.25, 0.3) is 0 Å². The molecular formula is C19H19BrN4S. The second-order valence-corrected chi connectivity index (χ2v) is 6.95. The molecule has 0 spiro atoms. The van der Waals surface area contributed by atoms with Crippen molar-refractivity contribution in [3.05, 3.63) is 76.6 Å². The van der Waals surface area contributed by atoms with Crippen molar-refractivity contribution >= 4 is 34.5 Å². The third-order valence-corrected chi connectivity index (χ3v) is 5.21. The van der Waals surface area contributed by atoms with Crippen LogP contribution in [0.25, 0.3) is 0 Å². The lowest BCUT2D eigenvalue weighted by molar-refractivity contribution is 0.720. The smallest absolute Gasteiger partial charge is 0.191 e. The highest BCUT2D eigenvalue weighted by atomic mass is 79.9. The van der Waals surface area contributed by atoms with Crippen molar-refractivity contribution in [3.8, 4) is 0 Å². The highest BCUT2D eigenvalue weighted by Gasteiger charge is 2.20. The Morgan fingerprint density at radius 1 is 1.00 bits per heavy atom. The number of nitrogens with zero attached hydrogens (tertiary/aromatic N) is 4. The van der Waals surface area contributed by atoms with E-state index in [0.29, 0.717) is 0 Å². The fraction of sp³-hybridized carbons (Fsp3) is 0.211. The monoisotopic (exact) mass is 414 g/mol. The van der Waals surface area contributed by atoms with Crippen molar-refractivity contribution in [1.82, 2.24) is 14.9 Å². The lowest BCUT2D eigenvalue weighted by atomic mass is 10.0. The number of thioether (sulfide) groups is 1. The van der Waals surface area contributed by atoms with E-state index in [-0.39, 0.29) is 17.0 Å². The van der Waals surface area contributed by atoms with Crippen LogP contribution in [0.1, 0.15) is 28.1 Å². The summed E-state index contributed by atoms with van der Waals surface area (Å²) in [4.78, 5) is 0. The number of fused-ring (bicyclic) bond motifs is 1. The molecule has 0 N–H and O–H groups in total. The van der Waals surface area contributed by atoms with E-state index < -0.39 is 0 Å². The van der Waals surface area contributed by atoms with Gasteiger partial charge in [-0.05, 0) is 42.2 Å². The van der Waals surface area contributed by atoms with E-state index >= 15 is 0 Å². The first-order chi connectivity index (χ1) is 11.7. The standard InChI is InChI=1S/C19H18N4S.BrH/c1-13-8-9-16(10-14(13)2)17-12-24-19-21-20-18(23(19)22-17)11-15-6-4-3-5-7-15;/h3-10H,11-12H2,1-2H3;1H. The van der Waals surface area contributed by atoms with Crippen LogP contribution in [0.5, 0.6) is 0 Å². The van der Waals surface area contributed by atoms with Gasteiger partial charge in [-0.25, -0.2) is 0 Å². The predicted molar refractivity (Wildman–Crippen MR) is 108 cm³/mol. The quantitative estimate of drug-likeness (QED) is 0.636. The van der Waals surface area contributed by atoms with Crippen molar-refractivity contribution in [1.29, 1.82) is 0 Å². The van der Waals surface area contributed by atoms with Gasteiger partial charge >= 0.3 is 0 Å². The Balaban J connectivity index is 0.00000182. The summed E-state index contributed by atoms with van der Waals surface area (Å²) in [6.45, 7) is 4.27. The lowest BCUT2D eigenvalue weighted by Crippen LogP contribution is -2.15. The molecule has 0 aliphatic carbocycles. The fourth-order valence-corrected chi connectivity index (χ4v) is 3.58. The SMILES string of the molecule is Br.Cc1ccc(C2=Nn3c(Cc4ccccc4)nnc3SC2)cc1C. The van der Waals surface area contributed by atoms with Gasteiger partial charge in [0.05, 0.1) is 5.71 Å². The molecular weight excluding hydrogens is 396 g/mol. The minimum absolute atomic E-state index is 0. The molecule has 0 atom stereocenters. The zero-order valence-electron chi connectivity index (χ0n) is 14.1. The molecule has 0 fully saturated rings. The Bertz CT molecular complexity index is 918. The first-order valence-electron chi connectivity index (χ1n) is 7.97. The molecule has 128 valence electrons. The van der Waals surface area contributed by atoms with Gasteiger partial charge in [0.15, 0.2) is 5.82 Å². The van der Waals surface area contributed by atoms with E-state index in [0.717, 1.165) is 28.9 Å². The van der Waals surface area contributed by atoms with Crippen LogP contribution in [-0.2, 0) is 6.42 Å². The molecule has 0 radical (unpaired) electrons. The van der Waals surface area contributed by atoms with E-state index in [2.05, 4.69) is 54.4 Å². The zero-order valence-corrected chi connectivity index (χ0v) is 16.7. The van der Waals surface area contributed by atoms with Gasteiger partial charge in [-0.1, -0.05) is 54.2 Å². The maximum Gasteiger partial charge on any atom is 0.212 e. The molecule has 4 nitrogen and oxygen atoms in total.